The Kier molecular flexibility index (Phi) is 4.97. The first kappa shape index (κ1) is 14.1. The first-order valence-corrected chi connectivity index (χ1v) is 7.18. The van der Waals surface area contributed by atoms with Crippen molar-refractivity contribution in [3.05, 3.63) is 35.9 Å². The highest BCUT2D eigenvalue weighted by atomic mass is 16.4. The Balaban J connectivity index is 1.94. The molecule has 1 aromatic carbocycles. The van der Waals surface area contributed by atoms with Crippen molar-refractivity contribution in [3.8, 4) is 0 Å². The van der Waals surface area contributed by atoms with Crippen molar-refractivity contribution in [1.29, 1.82) is 0 Å². The number of carboxylic acid groups (broad SMARTS) is 1. The fourth-order valence-corrected chi connectivity index (χ4v) is 2.94. The SMILES string of the molecule is CC1CCCC(N[C@H](Cc2ccccc2)C(=O)O)C1. The summed E-state index contributed by atoms with van der Waals surface area (Å²) in [6, 6.07) is 9.72. The maximum Gasteiger partial charge on any atom is 0.321 e. The Labute approximate surface area is 115 Å². The van der Waals surface area contributed by atoms with Crippen molar-refractivity contribution < 1.29 is 9.90 Å². The van der Waals surface area contributed by atoms with E-state index in [4.69, 9.17) is 0 Å². The van der Waals surface area contributed by atoms with Gasteiger partial charge in [0.15, 0.2) is 0 Å². The zero-order valence-corrected chi connectivity index (χ0v) is 11.5. The van der Waals surface area contributed by atoms with Gasteiger partial charge in [-0.1, -0.05) is 50.1 Å². The van der Waals surface area contributed by atoms with Gasteiger partial charge in [-0.3, -0.25) is 4.79 Å². The van der Waals surface area contributed by atoms with E-state index in [-0.39, 0.29) is 0 Å². The molecule has 2 rings (SSSR count). The van der Waals surface area contributed by atoms with Crippen molar-refractivity contribution in [1.82, 2.24) is 5.32 Å². The van der Waals surface area contributed by atoms with Gasteiger partial charge in [-0.25, -0.2) is 0 Å². The molecule has 0 heterocycles. The van der Waals surface area contributed by atoms with E-state index in [1.807, 2.05) is 30.3 Å². The average molecular weight is 261 g/mol. The molecule has 2 unspecified atom stereocenters. The van der Waals surface area contributed by atoms with Gasteiger partial charge in [-0.2, -0.15) is 0 Å². The van der Waals surface area contributed by atoms with Crippen molar-refractivity contribution in [3.63, 3.8) is 0 Å². The van der Waals surface area contributed by atoms with E-state index >= 15 is 0 Å². The fraction of sp³-hybridized carbons (Fsp3) is 0.562. The van der Waals surface area contributed by atoms with Crippen LogP contribution in [0.3, 0.4) is 0 Å². The molecule has 0 radical (unpaired) electrons. The second kappa shape index (κ2) is 6.71. The monoisotopic (exact) mass is 261 g/mol. The van der Waals surface area contributed by atoms with Crippen LogP contribution in [-0.2, 0) is 11.2 Å². The van der Waals surface area contributed by atoms with Gasteiger partial charge in [-0.15, -0.1) is 0 Å². The highest BCUT2D eigenvalue weighted by molar-refractivity contribution is 5.74. The summed E-state index contributed by atoms with van der Waals surface area (Å²) in [6.07, 6.45) is 5.23. The molecule has 1 saturated carbocycles. The van der Waals surface area contributed by atoms with Crippen LogP contribution >= 0.6 is 0 Å². The third-order valence-corrected chi connectivity index (χ3v) is 3.95. The Morgan fingerprint density at radius 1 is 1.37 bits per heavy atom. The highest BCUT2D eigenvalue weighted by Crippen LogP contribution is 2.24. The number of rotatable bonds is 5. The number of carbonyl (C=O) groups is 1. The molecule has 3 atom stereocenters. The highest BCUT2D eigenvalue weighted by Gasteiger charge is 2.25. The third kappa shape index (κ3) is 4.35. The molecule has 0 aromatic heterocycles. The second-order valence-corrected chi connectivity index (χ2v) is 5.72. The van der Waals surface area contributed by atoms with Gasteiger partial charge in [0, 0.05) is 6.04 Å². The molecule has 0 amide bonds. The molecule has 19 heavy (non-hydrogen) atoms. The normalized spacial score (nSPS) is 24.9. The standard InChI is InChI=1S/C16H23NO2/c1-12-6-5-9-14(10-12)17-15(16(18)19)11-13-7-3-2-4-8-13/h2-4,7-8,12,14-15,17H,5-6,9-11H2,1H3,(H,18,19)/t12?,14?,15-/m1/s1. The maximum atomic E-state index is 11.4. The molecule has 1 aliphatic rings. The topological polar surface area (TPSA) is 49.3 Å². The predicted octanol–water partition coefficient (Wildman–Crippen LogP) is 2.85. The lowest BCUT2D eigenvalue weighted by Gasteiger charge is -2.30. The summed E-state index contributed by atoms with van der Waals surface area (Å²) in [4.78, 5) is 11.4. The van der Waals surface area contributed by atoms with E-state index in [0.717, 1.165) is 18.4 Å². The molecular weight excluding hydrogens is 238 g/mol. The van der Waals surface area contributed by atoms with Crippen molar-refractivity contribution in [2.24, 2.45) is 5.92 Å². The Morgan fingerprint density at radius 3 is 2.74 bits per heavy atom. The molecule has 2 N–H and O–H groups in total. The molecule has 0 saturated heterocycles. The molecule has 0 bridgehead atoms. The van der Waals surface area contributed by atoms with Gasteiger partial charge in [0.25, 0.3) is 0 Å². The summed E-state index contributed by atoms with van der Waals surface area (Å²) in [5.41, 5.74) is 1.08. The molecule has 0 spiro atoms. The third-order valence-electron chi connectivity index (χ3n) is 3.95. The molecule has 0 aliphatic heterocycles. The minimum Gasteiger partial charge on any atom is -0.480 e. The zero-order chi connectivity index (χ0) is 13.7. The van der Waals surface area contributed by atoms with E-state index in [1.165, 1.54) is 12.8 Å². The van der Waals surface area contributed by atoms with Crippen LogP contribution in [0.4, 0.5) is 0 Å². The minimum atomic E-state index is -0.748. The van der Waals surface area contributed by atoms with Crippen LogP contribution < -0.4 is 5.32 Å². The minimum absolute atomic E-state index is 0.355. The maximum absolute atomic E-state index is 11.4. The van der Waals surface area contributed by atoms with Crippen molar-refractivity contribution in [2.75, 3.05) is 0 Å². The first-order chi connectivity index (χ1) is 9.15. The number of nitrogens with one attached hydrogen (secondary N) is 1. The van der Waals surface area contributed by atoms with Gasteiger partial charge in [0.05, 0.1) is 0 Å². The summed E-state index contributed by atoms with van der Waals surface area (Å²) in [5.74, 6) is -0.0421. The lowest BCUT2D eigenvalue weighted by atomic mass is 9.86. The van der Waals surface area contributed by atoms with E-state index in [2.05, 4.69) is 12.2 Å². The zero-order valence-electron chi connectivity index (χ0n) is 11.5. The summed E-state index contributed by atoms with van der Waals surface area (Å²) in [5, 5.41) is 12.7. The molecule has 1 aromatic rings. The van der Waals surface area contributed by atoms with Crippen LogP contribution in [-0.4, -0.2) is 23.2 Å². The lowest BCUT2D eigenvalue weighted by molar-refractivity contribution is -0.139. The average Bonchev–Trinajstić information content (AvgIpc) is 2.39. The van der Waals surface area contributed by atoms with Crippen molar-refractivity contribution >= 4 is 5.97 Å². The van der Waals surface area contributed by atoms with Crippen LogP contribution in [0.1, 0.15) is 38.2 Å². The van der Waals surface area contributed by atoms with E-state index < -0.39 is 12.0 Å². The van der Waals surface area contributed by atoms with E-state index in [1.54, 1.807) is 0 Å². The van der Waals surface area contributed by atoms with Gasteiger partial charge in [-0.05, 0) is 30.7 Å². The number of carboxylic acids is 1. The number of benzene rings is 1. The lowest BCUT2D eigenvalue weighted by Crippen LogP contribution is -2.46. The number of hydrogen-bond donors (Lipinski definition) is 2. The fourth-order valence-electron chi connectivity index (χ4n) is 2.94. The molecule has 3 nitrogen and oxygen atoms in total. The number of hydrogen-bond acceptors (Lipinski definition) is 2. The molecule has 1 fully saturated rings. The van der Waals surface area contributed by atoms with Crippen molar-refractivity contribution in [2.45, 2.75) is 51.1 Å². The Hall–Kier alpha value is -1.35. The summed E-state index contributed by atoms with van der Waals surface area (Å²) < 4.78 is 0. The first-order valence-electron chi connectivity index (χ1n) is 7.18. The molecular formula is C16H23NO2. The quantitative estimate of drug-likeness (QED) is 0.857. The predicted molar refractivity (Wildman–Crippen MR) is 76.1 cm³/mol. The molecule has 1 aliphatic carbocycles. The Bertz CT molecular complexity index is 404. The second-order valence-electron chi connectivity index (χ2n) is 5.72. The van der Waals surface area contributed by atoms with E-state index in [9.17, 15) is 9.90 Å². The largest absolute Gasteiger partial charge is 0.480 e. The number of aliphatic carboxylic acids is 1. The van der Waals surface area contributed by atoms with E-state index in [0.29, 0.717) is 18.4 Å². The summed E-state index contributed by atoms with van der Waals surface area (Å²) in [7, 11) is 0. The summed E-state index contributed by atoms with van der Waals surface area (Å²) in [6.45, 7) is 2.25. The van der Waals surface area contributed by atoms with Crippen LogP contribution in [0.2, 0.25) is 0 Å². The van der Waals surface area contributed by atoms with Crippen LogP contribution in [0.25, 0.3) is 0 Å². The summed E-state index contributed by atoms with van der Waals surface area (Å²) >= 11 is 0. The van der Waals surface area contributed by atoms with Crippen LogP contribution in [0.15, 0.2) is 30.3 Å². The van der Waals surface area contributed by atoms with Crippen LogP contribution in [0.5, 0.6) is 0 Å². The molecule has 104 valence electrons. The Morgan fingerprint density at radius 2 is 2.11 bits per heavy atom. The van der Waals surface area contributed by atoms with Crippen LogP contribution in [0, 0.1) is 5.92 Å². The van der Waals surface area contributed by atoms with Gasteiger partial charge < -0.3 is 10.4 Å². The smallest absolute Gasteiger partial charge is 0.321 e. The molecule has 3 heteroatoms. The van der Waals surface area contributed by atoms with Gasteiger partial charge >= 0.3 is 5.97 Å². The van der Waals surface area contributed by atoms with Gasteiger partial charge in [0.1, 0.15) is 6.04 Å². The van der Waals surface area contributed by atoms with Gasteiger partial charge in [0.2, 0.25) is 0 Å².